The zero-order chi connectivity index (χ0) is 19.7. The van der Waals surface area contributed by atoms with Crippen LogP contribution in [0, 0.1) is 12.7 Å². The van der Waals surface area contributed by atoms with Crippen molar-refractivity contribution in [3.05, 3.63) is 59.8 Å². The molecule has 0 aliphatic carbocycles. The van der Waals surface area contributed by atoms with E-state index in [4.69, 9.17) is 0 Å². The zero-order valence-corrected chi connectivity index (χ0v) is 16.1. The molecule has 2 aromatic rings. The number of carbonyl (C=O) groups excluding carboxylic acids is 1. The predicted molar refractivity (Wildman–Crippen MR) is 107 cm³/mol. The van der Waals surface area contributed by atoms with Gasteiger partial charge >= 0.3 is 0 Å². The van der Waals surface area contributed by atoms with Gasteiger partial charge < -0.3 is 14.7 Å². The van der Waals surface area contributed by atoms with Crippen LogP contribution in [-0.2, 0) is 17.8 Å². The molecule has 0 bridgehead atoms. The quantitative estimate of drug-likeness (QED) is 0.764. The minimum Gasteiger partial charge on any atom is -0.363 e. The number of anilines is 2. The van der Waals surface area contributed by atoms with E-state index in [0.29, 0.717) is 25.3 Å². The van der Waals surface area contributed by atoms with Crippen molar-refractivity contribution < 1.29 is 9.18 Å². The van der Waals surface area contributed by atoms with Crippen molar-refractivity contribution in [2.75, 3.05) is 42.5 Å². The summed E-state index contributed by atoms with van der Waals surface area (Å²) in [6, 6.07) is 5.18. The number of aromatic nitrogens is 2. The van der Waals surface area contributed by atoms with Crippen LogP contribution < -0.4 is 9.80 Å². The molecule has 6 nitrogen and oxygen atoms in total. The highest BCUT2D eigenvalue weighted by molar-refractivity contribution is 5.87. The topological polar surface area (TPSA) is 52.6 Å². The molecule has 3 heterocycles. The van der Waals surface area contributed by atoms with E-state index in [0.717, 1.165) is 48.7 Å². The van der Waals surface area contributed by atoms with Gasteiger partial charge in [0.1, 0.15) is 18.0 Å². The van der Waals surface area contributed by atoms with E-state index < -0.39 is 0 Å². The number of hydrogen-bond donors (Lipinski definition) is 0. The summed E-state index contributed by atoms with van der Waals surface area (Å²) in [5, 5.41) is 0. The van der Waals surface area contributed by atoms with Crippen LogP contribution in [0.15, 0.2) is 37.2 Å². The lowest BCUT2D eigenvalue weighted by atomic mass is 10.0. The number of piperazine rings is 1. The van der Waals surface area contributed by atoms with Crippen LogP contribution in [-0.4, -0.2) is 53.5 Å². The van der Waals surface area contributed by atoms with Crippen LogP contribution in [0.3, 0.4) is 0 Å². The third-order valence-electron chi connectivity index (χ3n) is 5.55. The maximum absolute atomic E-state index is 14.4. The lowest BCUT2D eigenvalue weighted by Crippen LogP contribution is -2.49. The number of para-hydroxylation sites is 1. The summed E-state index contributed by atoms with van der Waals surface area (Å²) < 4.78 is 14.4. The van der Waals surface area contributed by atoms with E-state index >= 15 is 0 Å². The van der Waals surface area contributed by atoms with Gasteiger partial charge in [-0.3, -0.25) is 4.79 Å². The van der Waals surface area contributed by atoms with E-state index in [1.165, 1.54) is 12.1 Å². The van der Waals surface area contributed by atoms with Crippen molar-refractivity contribution in [1.82, 2.24) is 14.9 Å². The summed E-state index contributed by atoms with van der Waals surface area (Å²) in [5.41, 5.74) is 3.67. The Labute approximate surface area is 164 Å². The summed E-state index contributed by atoms with van der Waals surface area (Å²) in [7, 11) is 0. The molecule has 2 aliphatic rings. The Balaban J connectivity index is 1.54. The van der Waals surface area contributed by atoms with Gasteiger partial charge in [-0.2, -0.15) is 0 Å². The number of aryl methyl sites for hydroxylation is 1. The Kier molecular flexibility index (Phi) is 4.98. The molecular formula is C21H24FN5O. The van der Waals surface area contributed by atoms with E-state index in [1.807, 2.05) is 13.0 Å². The minimum absolute atomic E-state index is 0.0275. The van der Waals surface area contributed by atoms with Crippen molar-refractivity contribution in [1.29, 1.82) is 0 Å². The third-order valence-corrected chi connectivity index (χ3v) is 5.55. The molecule has 7 heteroatoms. The number of nitrogens with zero attached hydrogens (tertiary/aromatic N) is 5. The van der Waals surface area contributed by atoms with Gasteiger partial charge in [0.15, 0.2) is 0 Å². The molecule has 0 saturated carbocycles. The second-order valence-electron chi connectivity index (χ2n) is 7.22. The summed E-state index contributed by atoms with van der Waals surface area (Å²) in [5.74, 6) is 0.724. The monoisotopic (exact) mass is 381 g/mol. The summed E-state index contributed by atoms with van der Waals surface area (Å²) in [4.78, 5) is 26.9. The molecule has 1 saturated heterocycles. The standard InChI is InChI=1S/C21H24FN5O/c1-3-19(28)25-9-11-26(12-10-25)21-16-7-8-27(13-18(16)23-14-24-21)20-15(2)5-4-6-17(20)22/h3-6,14H,1,7-13H2,2H3. The summed E-state index contributed by atoms with van der Waals surface area (Å²) in [6.07, 6.45) is 3.72. The highest BCUT2D eigenvalue weighted by atomic mass is 19.1. The fourth-order valence-electron chi connectivity index (χ4n) is 4.09. The lowest BCUT2D eigenvalue weighted by molar-refractivity contribution is -0.126. The van der Waals surface area contributed by atoms with Gasteiger partial charge in [0, 0.05) is 38.3 Å². The van der Waals surface area contributed by atoms with E-state index in [9.17, 15) is 9.18 Å². The Morgan fingerprint density at radius 1 is 1.14 bits per heavy atom. The van der Waals surface area contributed by atoms with Gasteiger partial charge in [0.05, 0.1) is 17.9 Å². The maximum atomic E-state index is 14.4. The van der Waals surface area contributed by atoms with Crippen LogP contribution >= 0.6 is 0 Å². The van der Waals surface area contributed by atoms with E-state index in [1.54, 1.807) is 17.3 Å². The second-order valence-corrected chi connectivity index (χ2v) is 7.22. The van der Waals surface area contributed by atoms with Gasteiger partial charge in [-0.15, -0.1) is 0 Å². The Bertz CT molecular complexity index is 887. The molecule has 146 valence electrons. The molecule has 0 N–H and O–H groups in total. The molecule has 4 rings (SSSR count). The molecule has 28 heavy (non-hydrogen) atoms. The van der Waals surface area contributed by atoms with Crippen molar-refractivity contribution in [2.45, 2.75) is 19.9 Å². The molecule has 0 radical (unpaired) electrons. The van der Waals surface area contributed by atoms with Crippen molar-refractivity contribution >= 4 is 17.4 Å². The molecule has 1 aromatic heterocycles. The van der Waals surface area contributed by atoms with Crippen LogP contribution in [0.1, 0.15) is 16.8 Å². The SMILES string of the molecule is C=CC(=O)N1CCN(c2ncnc3c2CCN(c2c(C)cccc2F)C3)CC1. The first-order valence-corrected chi connectivity index (χ1v) is 9.57. The maximum Gasteiger partial charge on any atom is 0.246 e. The molecule has 1 amide bonds. The summed E-state index contributed by atoms with van der Waals surface area (Å²) >= 11 is 0. The first kappa shape index (κ1) is 18.4. The number of halogens is 1. The highest BCUT2D eigenvalue weighted by Crippen LogP contribution is 2.31. The van der Waals surface area contributed by atoms with Crippen LogP contribution in [0.25, 0.3) is 0 Å². The first-order chi connectivity index (χ1) is 13.6. The molecule has 2 aliphatic heterocycles. The number of fused-ring (bicyclic) bond motifs is 1. The Morgan fingerprint density at radius 2 is 1.93 bits per heavy atom. The number of amides is 1. The molecule has 1 aromatic carbocycles. The lowest BCUT2D eigenvalue weighted by Gasteiger charge is -2.37. The van der Waals surface area contributed by atoms with Crippen molar-refractivity contribution in [3.8, 4) is 0 Å². The van der Waals surface area contributed by atoms with Gasteiger partial charge in [-0.25, -0.2) is 14.4 Å². The fourth-order valence-corrected chi connectivity index (χ4v) is 4.09. The third kappa shape index (κ3) is 3.32. The zero-order valence-electron chi connectivity index (χ0n) is 16.1. The first-order valence-electron chi connectivity index (χ1n) is 9.57. The number of hydrogen-bond acceptors (Lipinski definition) is 5. The largest absolute Gasteiger partial charge is 0.363 e. The average Bonchev–Trinajstić information content (AvgIpc) is 2.72. The predicted octanol–water partition coefficient (Wildman–Crippen LogP) is 2.32. The van der Waals surface area contributed by atoms with Crippen LogP contribution in [0.5, 0.6) is 0 Å². The highest BCUT2D eigenvalue weighted by Gasteiger charge is 2.27. The van der Waals surface area contributed by atoms with Gasteiger partial charge in [-0.05, 0) is 31.1 Å². The van der Waals surface area contributed by atoms with E-state index in [2.05, 4.69) is 26.3 Å². The van der Waals surface area contributed by atoms with E-state index in [-0.39, 0.29) is 11.7 Å². The van der Waals surface area contributed by atoms with Crippen LogP contribution in [0.4, 0.5) is 15.9 Å². The van der Waals surface area contributed by atoms with Crippen LogP contribution in [0.2, 0.25) is 0 Å². The number of benzene rings is 1. The smallest absolute Gasteiger partial charge is 0.246 e. The Morgan fingerprint density at radius 3 is 2.64 bits per heavy atom. The van der Waals surface area contributed by atoms with Gasteiger partial charge in [0.2, 0.25) is 5.91 Å². The normalized spacial score (nSPS) is 16.7. The van der Waals surface area contributed by atoms with Gasteiger partial charge in [0.25, 0.3) is 0 Å². The fraction of sp³-hybridized carbons (Fsp3) is 0.381. The molecule has 0 spiro atoms. The molecule has 0 unspecified atom stereocenters. The average molecular weight is 381 g/mol. The molecule has 1 fully saturated rings. The number of carbonyl (C=O) groups is 1. The van der Waals surface area contributed by atoms with Crippen molar-refractivity contribution in [3.63, 3.8) is 0 Å². The summed E-state index contributed by atoms with van der Waals surface area (Å²) in [6.45, 7) is 9.57. The molecule has 0 atom stereocenters. The number of rotatable bonds is 3. The van der Waals surface area contributed by atoms with Gasteiger partial charge in [-0.1, -0.05) is 18.7 Å². The van der Waals surface area contributed by atoms with Crippen molar-refractivity contribution in [2.24, 2.45) is 0 Å². The molecular weight excluding hydrogens is 357 g/mol. The Hall–Kier alpha value is -2.96. The minimum atomic E-state index is -0.194. The second kappa shape index (κ2) is 7.58.